The summed E-state index contributed by atoms with van der Waals surface area (Å²) in [6, 6.07) is 11.0. The van der Waals surface area contributed by atoms with Gasteiger partial charge in [0.25, 0.3) is 5.91 Å². The molecule has 1 aliphatic heterocycles. The van der Waals surface area contributed by atoms with E-state index in [1.807, 2.05) is 42.2 Å². The van der Waals surface area contributed by atoms with Crippen molar-refractivity contribution in [1.82, 2.24) is 4.90 Å². The lowest BCUT2D eigenvalue weighted by Crippen LogP contribution is -2.29. The normalized spacial score (nSPS) is 16.0. The van der Waals surface area contributed by atoms with E-state index in [0.29, 0.717) is 49.0 Å². The van der Waals surface area contributed by atoms with Gasteiger partial charge in [0.05, 0.1) is 5.56 Å². The standard InChI is InChI=1S/C22H27FN2O2.ClH/c1-15-3-6-21(27-10-8-24)19(11-15)22(26)25-9-7-18(14-25)12-17-5-4-16(2)20(23)13-17;/h3-6,11,13,18H,7-10,12,14,24H2,1-2H3;1H. The van der Waals surface area contributed by atoms with Gasteiger partial charge < -0.3 is 15.4 Å². The molecule has 0 bridgehead atoms. The van der Waals surface area contributed by atoms with Gasteiger partial charge in [0, 0.05) is 19.6 Å². The van der Waals surface area contributed by atoms with Crippen LogP contribution in [-0.4, -0.2) is 37.0 Å². The number of amides is 1. The summed E-state index contributed by atoms with van der Waals surface area (Å²) in [6.07, 6.45) is 1.71. The summed E-state index contributed by atoms with van der Waals surface area (Å²) >= 11 is 0. The molecule has 1 saturated heterocycles. The summed E-state index contributed by atoms with van der Waals surface area (Å²) in [7, 11) is 0. The summed E-state index contributed by atoms with van der Waals surface area (Å²) < 4.78 is 19.4. The summed E-state index contributed by atoms with van der Waals surface area (Å²) in [5, 5.41) is 0. The number of hydrogen-bond donors (Lipinski definition) is 1. The van der Waals surface area contributed by atoms with E-state index < -0.39 is 0 Å². The summed E-state index contributed by atoms with van der Waals surface area (Å²) in [6.45, 7) is 5.90. The summed E-state index contributed by atoms with van der Waals surface area (Å²) in [4.78, 5) is 14.9. The van der Waals surface area contributed by atoms with Crippen molar-refractivity contribution in [2.24, 2.45) is 11.7 Å². The third-order valence-electron chi connectivity index (χ3n) is 5.07. The zero-order valence-electron chi connectivity index (χ0n) is 16.4. The fourth-order valence-electron chi connectivity index (χ4n) is 3.56. The Labute approximate surface area is 172 Å². The highest BCUT2D eigenvalue weighted by molar-refractivity contribution is 5.97. The van der Waals surface area contributed by atoms with Crippen LogP contribution in [0.5, 0.6) is 5.75 Å². The lowest BCUT2D eigenvalue weighted by molar-refractivity contribution is 0.0782. The van der Waals surface area contributed by atoms with Gasteiger partial charge in [0.1, 0.15) is 18.2 Å². The van der Waals surface area contributed by atoms with Crippen molar-refractivity contribution in [3.63, 3.8) is 0 Å². The van der Waals surface area contributed by atoms with Gasteiger partial charge in [-0.3, -0.25) is 4.79 Å². The van der Waals surface area contributed by atoms with Crippen LogP contribution in [-0.2, 0) is 6.42 Å². The number of rotatable bonds is 6. The largest absolute Gasteiger partial charge is 0.491 e. The molecule has 0 radical (unpaired) electrons. The highest BCUT2D eigenvalue weighted by Gasteiger charge is 2.28. The monoisotopic (exact) mass is 406 g/mol. The van der Waals surface area contributed by atoms with Crippen LogP contribution in [0.3, 0.4) is 0 Å². The second-order valence-electron chi connectivity index (χ2n) is 7.33. The number of carbonyl (C=O) groups is 1. The first-order valence-electron chi connectivity index (χ1n) is 9.45. The molecule has 0 aromatic heterocycles. The Morgan fingerprint density at radius 1 is 1.25 bits per heavy atom. The summed E-state index contributed by atoms with van der Waals surface area (Å²) in [5.41, 5.74) is 8.77. The Balaban J connectivity index is 0.00000280. The Kier molecular flexibility index (Phi) is 7.84. The van der Waals surface area contributed by atoms with Crippen molar-refractivity contribution >= 4 is 18.3 Å². The van der Waals surface area contributed by atoms with Crippen LogP contribution in [0.15, 0.2) is 36.4 Å². The van der Waals surface area contributed by atoms with Crippen molar-refractivity contribution < 1.29 is 13.9 Å². The number of aryl methyl sites for hydroxylation is 2. The van der Waals surface area contributed by atoms with Gasteiger partial charge in [-0.25, -0.2) is 4.39 Å². The molecule has 152 valence electrons. The van der Waals surface area contributed by atoms with Crippen molar-refractivity contribution in [2.45, 2.75) is 26.7 Å². The molecular formula is C22H28ClFN2O2. The van der Waals surface area contributed by atoms with Crippen molar-refractivity contribution in [3.8, 4) is 5.75 Å². The molecular weight excluding hydrogens is 379 g/mol. The first-order chi connectivity index (χ1) is 13.0. The minimum atomic E-state index is -0.167. The molecule has 0 saturated carbocycles. The topological polar surface area (TPSA) is 55.6 Å². The first-order valence-corrected chi connectivity index (χ1v) is 9.45. The zero-order chi connectivity index (χ0) is 19.4. The zero-order valence-corrected chi connectivity index (χ0v) is 17.2. The predicted molar refractivity (Wildman–Crippen MR) is 112 cm³/mol. The van der Waals surface area contributed by atoms with Crippen LogP contribution in [0.1, 0.15) is 33.5 Å². The fraction of sp³-hybridized carbons (Fsp3) is 0.409. The fourth-order valence-corrected chi connectivity index (χ4v) is 3.56. The molecule has 1 heterocycles. The lowest BCUT2D eigenvalue weighted by Gasteiger charge is -2.19. The third kappa shape index (κ3) is 5.24. The number of hydrogen-bond acceptors (Lipinski definition) is 3. The predicted octanol–water partition coefficient (Wildman–Crippen LogP) is 3.91. The summed E-state index contributed by atoms with van der Waals surface area (Å²) in [5.74, 6) is 0.748. The molecule has 1 aliphatic rings. The molecule has 1 unspecified atom stereocenters. The van der Waals surface area contributed by atoms with Gasteiger partial charge in [0.2, 0.25) is 0 Å². The molecule has 28 heavy (non-hydrogen) atoms. The molecule has 2 aromatic carbocycles. The third-order valence-corrected chi connectivity index (χ3v) is 5.07. The minimum Gasteiger partial charge on any atom is -0.491 e. The molecule has 3 rings (SSSR count). The van der Waals surface area contributed by atoms with Gasteiger partial charge >= 0.3 is 0 Å². The molecule has 0 aliphatic carbocycles. The van der Waals surface area contributed by atoms with Crippen LogP contribution >= 0.6 is 12.4 Å². The second-order valence-corrected chi connectivity index (χ2v) is 7.33. The highest BCUT2D eigenvalue weighted by Crippen LogP contribution is 2.27. The number of nitrogens with two attached hydrogens (primary N) is 1. The maximum atomic E-state index is 13.8. The van der Waals surface area contributed by atoms with E-state index in [1.165, 1.54) is 0 Å². The number of benzene rings is 2. The minimum absolute atomic E-state index is 0. The Morgan fingerprint density at radius 3 is 2.75 bits per heavy atom. The molecule has 2 N–H and O–H groups in total. The van der Waals surface area contributed by atoms with Crippen LogP contribution in [0, 0.1) is 25.6 Å². The quantitative estimate of drug-likeness (QED) is 0.791. The SMILES string of the molecule is Cc1ccc(OCCN)c(C(=O)N2CCC(Cc3ccc(C)c(F)c3)C2)c1.Cl. The van der Waals surface area contributed by atoms with E-state index in [4.69, 9.17) is 10.5 Å². The van der Waals surface area contributed by atoms with Crippen LogP contribution in [0.4, 0.5) is 4.39 Å². The number of nitrogens with zero attached hydrogens (tertiary/aromatic N) is 1. The molecule has 1 atom stereocenters. The van der Waals surface area contributed by atoms with Crippen molar-refractivity contribution in [2.75, 3.05) is 26.2 Å². The molecule has 1 fully saturated rings. The van der Waals surface area contributed by atoms with Gasteiger partial charge in [-0.1, -0.05) is 23.8 Å². The van der Waals surface area contributed by atoms with Crippen molar-refractivity contribution in [1.29, 1.82) is 0 Å². The van der Waals surface area contributed by atoms with Crippen LogP contribution in [0.2, 0.25) is 0 Å². The van der Waals surface area contributed by atoms with Gasteiger partial charge in [-0.05, 0) is 61.9 Å². The number of halogens is 2. The Bertz CT molecular complexity index is 828. The molecule has 1 amide bonds. The molecule has 4 nitrogen and oxygen atoms in total. The average Bonchev–Trinajstić information content (AvgIpc) is 3.11. The van der Waals surface area contributed by atoms with E-state index in [1.54, 1.807) is 13.0 Å². The highest BCUT2D eigenvalue weighted by atomic mass is 35.5. The van der Waals surface area contributed by atoms with E-state index in [0.717, 1.165) is 24.0 Å². The van der Waals surface area contributed by atoms with Gasteiger partial charge in [0.15, 0.2) is 0 Å². The molecule has 6 heteroatoms. The molecule has 2 aromatic rings. The number of likely N-dealkylation sites (tertiary alicyclic amines) is 1. The van der Waals surface area contributed by atoms with E-state index in [2.05, 4.69) is 0 Å². The maximum Gasteiger partial charge on any atom is 0.257 e. The first kappa shape index (κ1) is 22.2. The van der Waals surface area contributed by atoms with Gasteiger partial charge in [-0.2, -0.15) is 0 Å². The molecule has 0 spiro atoms. The lowest BCUT2D eigenvalue weighted by atomic mass is 9.98. The van der Waals surface area contributed by atoms with E-state index in [9.17, 15) is 9.18 Å². The average molecular weight is 407 g/mol. The van der Waals surface area contributed by atoms with Gasteiger partial charge in [-0.15, -0.1) is 12.4 Å². The van der Waals surface area contributed by atoms with E-state index >= 15 is 0 Å². The number of ether oxygens (including phenoxy) is 1. The smallest absolute Gasteiger partial charge is 0.257 e. The van der Waals surface area contributed by atoms with E-state index in [-0.39, 0.29) is 24.1 Å². The Morgan fingerprint density at radius 2 is 2.04 bits per heavy atom. The number of carbonyl (C=O) groups excluding carboxylic acids is 1. The van der Waals surface area contributed by atoms with Crippen molar-refractivity contribution in [3.05, 3.63) is 64.5 Å². The maximum absolute atomic E-state index is 13.8. The Hall–Kier alpha value is -2.11. The van der Waals surface area contributed by atoms with Crippen LogP contribution < -0.4 is 10.5 Å². The van der Waals surface area contributed by atoms with Crippen LogP contribution in [0.25, 0.3) is 0 Å². The second kappa shape index (κ2) is 9.89.